The summed E-state index contributed by atoms with van der Waals surface area (Å²) in [7, 11) is 0. The zero-order valence-corrected chi connectivity index (χ0v) is 17.3. The molecule has 2 aromatic carbocycles. The van der Waals surface area contributed by atoms with Crippen LogP contribution in [0.5, 0.6) is 0 Å². The van der Waals surface area contributed by atoms with Gasteiger partial charge in [-0.1, -0.05) is 24.3 Å². The Hall–Kier alpha value is -3.73. The van der Waals surface area contributed by atoms with Crippen molar-refractivity contribution in [2.24, 2.45) is 0 Å². The van der Waals surface area contributed by atoms with Gasteiger partial charge in [0.05, 0.1) is 6.54 Å². The summed E-state index contributed by atoms with van der Waals surface area (Å²) >= 11 is 0. The first-order valence-electron chi connectivity index (χ1n) is 9.84. The van der Waals surface area contributed by atoms with Crippen molar-refractivity contribution in [3.05, 3.63) is 105 Å². The van der Waals surface area contributed by atoms with E-state index >= 15 is 0 Å². The Bertz CT molecular complexity index is 1290. The van der Waals surface area contributed by atoms with Gasteiger partial charge in [0.2, 0.25) is 0 Å². The quantitative estimate of drug-likeness (QED) is 0.543. The minimum atomic E-state index is -0.189. The summed E-state index contributed by atoms with van der Waals surface area (Å²) in [5.41, 5.74) is 5.56. The number of hydrogen-bond acceptors (Lipinski definition) is 3. The van der Waals surface area contributed by atoms with Crippen LogP contribution in [0.2, 0.25) is 0 Å². The van der Waals surface area contributed by atoms with E-state index in [1.54, 1.807) is 29.4 Å². The summed E-state index contributed by atoms with van der Waals surface area (Å²) in [6.45, 7) is 6.12. The summed E-state index contributed by atoms with van der Waals surface area (Å²) in [6, 6.07) is 17.2. The van der Waals surface area contributed by atoms with Crippen LogP contribution in [0.4, 0.5) is 5.69 Å². The van der Waals surface area contributed by atoms with Crippen LogP contribution in [0.25, 0.3) is 10.9 Å². The molecule has 0 aliphatic heterocycles. The maximum atomic E-state index is 13.4. The van der Waals surface area contributed by atoms with Gasteiger partial charge in [-0.05, 0) is 73.2 Å². The third kappa shape index (κ3) is 3.87. The van der Waals surface area contributed by atoms with Crippen LogP contribution in [0.15, 0.2) is 71.8 Å². The van der Waals surface area contributed by atoms with Gasteiger partial charge in [0, 0.05) is 34.7 Å². The van der Waals surface area contributed by atoms with Gasteiger partial charge in [-0.15, -0.1) is 0 Å². The summed E-state index contributed by atoms with van der Waals surface area (Å²) in [5.74, 6) is -0.172. The molecule has 4 rings (SSSR count). The van der Waals surface area contributed by atoms with E-state index in [4.69, 9.17) is 0 Å². The molecule has 1 amide bonds. The molecule has 0 spiro atoms. The molecule has 0 fully saturated rings. The number of aromatic nitrogens is 2. The molecule has 0 aliphatic rings. The Morgan fingerprint density at radius 2 is 1.63 bits per heavy atom. The Balaban J connectivity index is 1.82. The molecule has 0 saturated heterocycles. The molecule has 150 valence electrons. The summed E-state index contributed by atoms with van der Waals surface area (Å²) in [4.78, 5) is 34.9. The van der Waals surface area contributed by atoms with E-state index in [1.807, 2.05) is 63.2 Å². The molecule has 0 bridgehead atoms. The molecule has 5 nitrogen and oxygen atoms in total. The van der Waals surface area contributed by atoms with Crippen LogP contribution in [-0.4, -0.2) is 15.9 Å². The average molecular weight is 397 g/mol. The second-order valence-electron chi connectivity index (χ2n) is 7.63. The largest absolute Gasteiger partial charge is 0.322 e. The fourth-order valence-corrected chi connectivity index (χ4v) is 3.57. The van der Waals surface area contributed by atoms with Gasteiger partial charge in [-0.25, -0.2) is 0 Å². The molecule has 0 aliphatic carbocycles. The number of hydrogen-bond donors (Lipinski definition) is 1. The lowest BCUT2D eigenvalue weighted by Crippen LogP contribution is -2.33. The van der Waals surface area contributed by atoms with Gasteiger partial charge in [-0.3, -0.25) is 14.6 Å². The number of amides is 1. The van der Waals surface area contributed by atoms with Crippen molar-refractivity contribution < 1.29 is 4.79 Å². The van der Waals surface area contributed by atoms with Gasteiger partial charge in [0.1, 0.15) is 0 Å². The second-order valence-corrected chi connectivity index (χ2v) is 7.63. The van der Waals surface area contributed by atoms with E-state index in [0.29, 0.717) is 11.1 Å². The molecular weight excluding hydrogens is 374 g/mol. The lowest BCUT2D eigenvalue weighted by Gasteiger charge is -2.25. The lowest BCUT2D eigenvalue weighted by atomic mass is 10.1. The maximum absolute atomic E-state index is 13.4. The number of anilines is 1. The number of fused-ring (bicyclic) bond motifs is 1. The fourth-order valence-electron chi connectivity index (χ4n) is 3.57. The first-order valence-corrected chi connectivity index (χ1v) is 9.84. The van der Waals surface area contributed by atoms with Crippen LogP contribution in [0, 0.1) is 20.8 Å². The summed E-state index contributed by atoms with van der Waals surface area (Å²) < 4.78 is 0. The van der Waals surface area contributed by atoms with E-state index < -0.39 is 0 Å². The topological polar surface area (TPSA) is 66.1 Å². The predicted molar refractivity (Wildman–Crippen MR) is 120 cm³/mol. The van der Waals surface area contributed by atoms with Crippen molar-refractivity contribution in [1.82, 2.24) is 9.97 Å². The first kappa shape index (κ1) is 19.6. The number of aryl methyl sites for hydroxylation is 3. The predicted octanol–water partition coefficient (Wildman–Crippen LogP) is 4.70. The maximum Gasteiger partial charge on any atom is 0.258 e. The number of H-pyrrole nitrogens is 1. The van der Waals surface area contributed by atoms with Crippen molar-refractivity contribution in [3.8, 4) is 0 Å². The molecule has 0 atom stereocenters. The first-order chi connectivity index (χ1) is 14.4. The van der Waals surface area contributed by atoms with Crippen molar-refractivity contribution in [1.29, 1.82) is 0 Å². The smallest absolute Gasteiger partial charge is 0.258 e. The van der Waals surface area contributed by atoms with E-state index in [-0.39, 0.29) is 18.0 Å². The third-order valence-corrected chi connectivity index (χ3v) is 5.23. The number of carbonyl (C=O) groups excluding carboxylic acids is 1. The highest BCUT2D eigenvalue weighted by Crippen LogP contribution is 2.25. The number of rotatable bonds is 4. The number of benzene rings is 2. The normalized spacial score (nSPS) is 10.9. The van der Waals surface area contributed by atoms with Crippen molar-refractivity contribution in [3.63, 3.8) is 0 Å². The lowest BCUT2D eigenvalue weighted by molar-refractivity contribution is 0.0985. The standard InChI is InChI=1S/C25H23N3O2/c1-16-5-7-20-14-21(24(29)27-22(20)12-16)15-28(23-13-17(2)4-6-18(23)3)25(30)19-8-10-26-11-9-19/h4-14H,15H2,1-3H3,(H,27,29). The number of carbonyl (C=O) groups is 1. The number of nitrogens with zero attached hydrogens (tertiary/aromatic N) is 2. The third-order valence-electron chi connectivity index (χ3n) is 5.23. The molecule has 0 unspecified atom stereocenters. The minimum absolute atomic E-state index is 0.171. The summed E-state index contributed by atoms with van der Waals surface area (Å²) in [5, 5.41) is 0.937. The molecule has 0 radical (unpaired) electrons. The van der Waals surface area contributed by atoms with E-state index in [2.05, 4.69) is 9.97 Å². The SMILES string of the molecule is Cc1ccc(C)c(N(Cc2cc3ccc(C)cc3[nH]c2=O)C(=O)c2ccncc2)c1. The van der Waals surface area contributed by atoms with Gasteiger partial charge >= 0.3 is 0 Å². The zero-order chi connectivity index (χ0) is 21.3. The van der Waals surface area contributed by atoms with Crippen LogP contribution >= 0.6 is 0 Å². The highest BCUT2D eigenvalue weighted by Gasteiger charge is 2.21. The Kier molecular flexibility index (Phi) is 5.19. The zero-order valence-electron chi connectivity index (χ0n) is 17.3. The molecule has 5 heteroatoms. The molecule has 2 aromatic heterocycles. The van der Waals surface area contributed by atoms with Gasteiger partial charge in [-0.2, -0.15) is 0 Å². The van der Waals surface area contributed by atoms with Crippen LogP contribution in [-0.2, 0) is 6.54 Å². The Labute approximate surface area is 175 Å². The molecule has 1 N–H and O–H groups in total. The summed E-state index contributed by atoms with van der Waals surface area (Å²) in [6.07, 6.45) is 3.19. The van der Waals surface area contributed by atoms with E-state index in [0.717, 1.165) is 33.3 Å². The second kappa shape index (κ2) is 7.95. The van der Waals surface area contributed by atoms with Crippen molar-refractivity contribution in [2.45, 2.75) is 27.3 Å². The van der Waals surface area contributed by atoms with Crippen molar-refractivity contribution in [2.75, 3.05) is 4.90 Å². The fraction of sp³-hybridized carbons (Fsp3) is 0.160. The van der Waals surface area contributed by atoms with Crippen LogP contribution < -0.4 is 10.5 Å². The molecule has 30 heavy (non-hydrogen) atoms. The Morgan fingerprint density at radius 1 is 0.933 bits per heavy atom. The van der Waals surface area contributed by atoms with Crippen molar-refractivity contribution >= 4 is 22.5 Å². The van der Waals surface area contributed by atoms with Gasteiger partial charge in [0.25, 0.3) is 11.5 Å². The average Bonchev–Trinajstić information content (AvgIpc) is 2.74. The van der Waals surface area contributed by atoms with Crippen LogP contribution in [0.3, 0.4) is 0 Å². The number of pyridine rings is 2. The Morgan fingerprint density at radius 3 is 2.40 bits per heavy atom. The number of aromatic amines is 1. The van der Waals surface area contributed by atoms with Crippen LogP contribution in [0.1, 0.15) is 32.6 Å². The van der Waals surface area contributed by atoms with E-state index in [1.165, 1.54) is 0 Å². The number of nitrogens with one attached hydrogen (secondary N) is 1. The highest BCUT2D eigenvalue weighted by molar-refractivity contribution is 6.06. The highest BCUT2D eigenvalue weighted by atomic mass is 16.2. The van der Waals surface area contributed by atoms with Gasteiger partial charge in [0.15, 0.2) is 0 Å². The van der Waals surface area contributed by atoms with E-state index in [9.17, 15) is 9.59 Å². The molecule has 0 saturated carbocycles. The minimum Gasteiger partial charge on any atom is -0.322 e. The monoisotopic (exact) mass is 397 g/mol. The molecular formula is C25H23N3O2. The molecule has 4 aromatic rings. The molecule has 2 heterocycles. The van der Waals surface area contributed by atoms with Gasteiger partial charge < -0.3 is 9.88 Å².